The maximum Gasteiger partial charge on any atom is 0.306 e. The molecule has 3 aliphatic rings. The molecule has 1 N–H and O–H groups in total. The van der Waals surface area contributed by atoms with Gasteiger partial charge in [-0.05, 0) is 42.5 Å². The van der Waals surface area contributed by atoms with Crippen molar-refractivity contribution in [2.75, 3.05) is 19.5 Å². The summed E-state index contributed by atoms with van der Waals surface area (Å²) in [6.45, 7) is 0. The van der Waals surface area contributed by atoms with Crippen LogP contribution in [0.25, 0.3) is 0 Å². The van der Waals surface area contributed by atoms with Crippen LogP contribution < -0.4 is 19.5 Å². The van der Waals surface area contributed by atoms with Crippen molar-refractivity contribution in [2.24, 2.45) is 5.10 Å². The summed E-state index contributed by atoms with van der Waals surface area (Å²) in [5.74, 6) is 1.70. The van der Waals surface area contributed by atoms with Gasteiger partial charge in [0.25, 0.3) is 5.91 Å². The second-order valence-electron chi connectivity index (χ2n) is 8.11. The van der Waals surface area contributed by atoms with Gasteiger partial charge in [0, 0.05) is 22.0 Å². The van der Waals surface area contributed by atoms with Crippen LogP contribution in [0.1, 0.15) is 29.2 Å². The SMILES string of the molecule is COc1ccc(C2=NN3[C@H](C2)c2ccccc2O[C@]32C(=O)Nc3ccc(Br)cc32)cc1OC. The number of para-hydroxylation sites is 1. The van der Waals surface area contributed by atoms with Crippen LogP contribution in [0.3, 0.4) is 0 Å². The van der Waals surface area contributed by atoms with Crippen molar-refractivity contribution in [1.82, 2.24) is 5.01 Å². The van der Waals surface area contributed by atoms with Gasteiger partial charge in [-0.25, -0.2) is 5.01 Å². The van der Waals surface area contributed by atoms with Gasteiger partial charge in [-0.3, -0.25) is 4.79 Å². The Kier molecular flexibility index (Phi) is 4.42. The number of fused-ring (bicyclic) bond motifs is 6. The number of nitrogens with one attached hydrogen (secondary N) is 1. The molecule has 0 saturated carbocycles. The van der Waals surface area contributed by atoms with Crippen molar-refractivity contribution in [3.63, 3.8) is 0 Å². The summed E-state index contributed by atoms with van der Waals surface area (Å²) in [4.78, 5) is 13.5. The van der Waals surface area contributed by atoms with Gasteiger partial charge in [-0.1, -0.05) is 34.1 Å². The van der Waals surface area contributed by atoms with Gasteiger partial charge < -0.3 is 19.5 Å². The monoisotopic (exact) mass is 505 g/mol. The van der Waals surface area contributed by atoms with Crippen LogP contribution >= 0.6 is 15.9 Å². The minimum atomic E-state index is -1.39. The Bertz CT molecular complexity index is 1340. The number of methoxy groups -OCH3 is 2. The Morgan fingerprint density at radius 1 is 1.09 bits per heavy atom. The first-order chi connectivity index (χ1) is 16.0. The second kappa shape index (κ2) is 7.25. The van der Waals surface area contributed by atoms with Gasteiger partial charge in [0.05, 0.1) is 37.2 Å². The maximum absolute atomic E-state index is 13.5. The second-order valence-corrected chi connectivity index (χ2v) is 9.02. The molecule has 1 spiro atoms. The summed E-state index contributed by atoms with van der Waals surface area (Å²) < 4.78 is 18.2. The molecule has 3 heterocycles. The first-order valence-electron chi connectivity index (χ1n) is 10.5. The first-order valence-corrected chi connectivity index (χ1v) is 11.3. The third-order valence-corrected chi connectivity index (χ3v) is 6.88. The Balaban J connectivity index is 1.54. The standard InChI is InChI=1S/C25H20BrN3O4/c1-31-22-10-7-14(11-23(22)32-2)19-13-20-16-5-3-4-6-21(16)33-25(29(20)28-19)17-12-15(26)8-9-18(17)27-24(25)30/h3-12,20H,13H2,1-2H3,(H,27,30)/t20-,25-/m1/s1. The molecule has 2 atom stereocenters. The average molecular weight is 506 g/mol. The molecule has 166 valence electrons. The van der Waals surface area contributed by atoms with Crippen LogP contribution in [-0.4, -0.2) is 30.8 Å². The lowest BCUT2D eigenvalue weighted by molar-refractivity contribution is -0.161. The summed E-state index contributed by atoms with van der Waals surface area (Å²) in [7, 11) is 3.22. The molecule has 0 unspecified atom stereocenters. The number of rotatable bonds is 3. The van der Waals surface area contributed by atoms with E-state index in [9.17, 15) is 4.79 Å². The summed E-state index contributed by atoms with van der Waals surface area (Å²) in [6, 6.07) is 19.1. The highest BCUT2D eigenvalue weighted by Crippen LogP contribution is 2.54. The molecule has 7 nitrogen and oxygen atoms in total. The Labute approximate surface area is 199 Å². The fraction of sp³-hybridized carbons (Fsp3) is 0.200. The minimum Gasteiger partial charge on any atom is -0.493 e. The predicted octanol–water partition coefficient (Wildman–Crippen LogP) is 4.81. The number of hydrogen-bond acceptors (Lipinski definition) is 6. The Hall–Kier alpha value is -3.52. The Morgan fingerprint density at radius 3 is 2.73 bits per heavy atom. The van der Waals surface area contributed by atoms with Gasteiger partial charge in [0.1, 0.15) is 5.75 Å². The summed E-state index contributed by atoms with van der Waals surface area (Å²) in [5, 5.41) is 9.78. The zero-order valence-electron chi connectivity index (χ0n) is 18.0. The van der Waals surface area contributed by atoms with Crippen molar-refractivity contribution >= 4 is 33.2 Å². The van der Waals surface area contributed by atoms with Crippen molar-refractivity contribution in [3.05, 3.63) is 81.8 Å². The van der Waals surface area contributed by atoms with Crippen LogP contribution in [0.15, 0.2) is 70.2 Å². The maximum atomic E-state index is 13.5. The van der Waals surface area contributed by atoms with Crippen molar-refractivity contribution < 1.29 is 19.0 Å². The number of carbonyl (C=O) groups excluding carboxylic acids is 1. The number of benzene rings is 3. The zero-order chi connectivity index (χ0) is 22.7. The van der Waals surface area contributed by atoms with Crippen molar-refractivity contribution in [3.8, 4) is 17.2 Å². The molecule has 0 bridgehead atoms. The van der Waals surface area contributed by atoms with Gasteiger partial charge >= 0.3 is 5.72 Å². The van der Waals surface area contributed by atoms with Crippen LogP contribution in [-0.2, 0) is 10.5 Å². The van der Waals surface area contributed by atoms with Crippen molar-refractivity contribution in [1.29, 1.82) is 0 Å². The quantitative estimate of drug-likeness (QED) is 0.552. The number of carbonyl (C=O) groups is 1. The third-order valence-electron chi connectivity index (χ3n) is 6.39. The lowest BCUT2D eigenvalue weighted by atomic mass is 9.92. The third kappa shape index (κ3) is 2.80. The fourth-order valence-electron chi connectivity index (χ4n) is 4.85. The largest absolute Gasteiger partial charge is 0.493 e. The number of anilines is 1. The molecule has 0 saturated heterocycles. The average Bonchev–Trinajstić information content (AvgIpc) is 3.40. The molecule has 6 rings (SSSR count). The van der Waals surface area contributed by atoms with E-state index in [4.69, 9.17) is 19.3 Å². The van der Waals surface area contributed by atoms with E-state index in [1.54, 1.807) is 14.2 Å². The van der Waals surface area contributed by atoms with Crippen LogP contribution in [0.2, 0.25) is 0 Å². The molecule has 0 aromatic heterocycles. The summed E-state index contributed by atoms with van der Waals surface area (Å²) >= 11 is 3.54. The van der Waals surface area contributed by atoms with E-state index in [0.29, 0.717) is 23.7 Å². The van der Waals surface area contributed by atoms with E-state index in [-0.39, 0.29) is 11.9 Å². The number of amides is 1. The molecule has 0 fully saturated rings. The fourth-order valence-corrected chi connectivity index (χ4v) is 5.21. The molecule has 3 aliphatic heterocycles. The van der Waals surface area contributed by atoms with Crippen LogP contribution in [0.4, 0.5) is 5.69 Å². The lowest BCUT2D eigenvalue weighted by Crippen LogP contribution is -2.55. The number of nitrogens with zero attached hydrogens (tertiary/aromatic N) is 2. The minimum absolute atomic E-state index is 0.159. The molecule has 33 heavy (non-hydrogen) atoms. The summed E-state index contributed by atoms with van der Waals surface area (Å²) in [6.07, 6.45) is 0.619. The highest BCUT2D eigenvalue weighted by atomic mass is 79.9. The normalized spacial score (nSPS) is 22.2. The molecular weight excluding hydrogens is 486 g/mol. The van der Waals surface area contributed by atoms with E-state index in [1.807, 2.05) is 65.7 Å². The smallest absolute Gasteiger partial charge is 0.306 e. The highest BCUT2D eigenvalue weighted by molar-refractivity contribution is 9.10. The van der Waals surface area contributed by atoms with E-state index in [2.05, 4.69) is 21.2 Å². The van der Waals surface area contributed by atoms with Gasteiger partial charge in [0.2, 0.25) is 0 Å². The predicted molar refractivity (Wildman–Crippen MR) is 127 cm³/mol. The van der Waals surface area contributed by atoms with E-state index >= 15 is 0 Å². The zero-order valence-corrected chi connectivity index (χ0v) is 19.5. The molecule has 1 amide bonds. The Morgan fingerprint density at radius 2 is 1.91 bits per heavy atom. The van der Waals surface area contributed by atoms with Gasteiger partial charge in [-0.2, -0.15) is 5.10 Å². The molecule has 0 radical (unpaired) electrons. The van der Waals surface area contributed by atoms with E-state index in [1.165, 1.54) is 0 Å². The van der Waals surface area contributed by atoms with E-state index in [0.717, 1.165) is 32.6 Å². The molecule has 3 aromatic carbocycles. The van der Waals surface area contributed by atoms with Crippen LogP contribution in [0.5, 0.6) is 17.2 Å². The van der Waals surface area contributed by atoms with Crippen molar-refractivity contribution in [2.45, 2.75) is 18.2 Å². The molecule has 0 aliphatic carbocycles. The lowest BCUT2D eigenvalue weighted by Gasteiger charge is -2.44. The molecule has 3 aromatic rings. The summed E-state index contributed by atoms with van der Waals surface area (Å²) in [5.41, 5.74) is 2.81. The molecular formula is C25H20BrN3O4. The topological polar surface area (TPSA) is 72.4 Å². The van der Waals surface area contributed by atoms with Gasteiger partial charge in [-0.15, -0.1) is 0 Å². The number of hydrazone groups is 1. The highest BCUT2D eigenvalue weighted by Gasteiger charge is 2.60. The van der Waals surface area contributed by atoms with Gasteiger partial charge in [0.15, 0.2) is 11.5 Å². The van der Waals surface area contributed by atoms with E-state index < -0.39 is 5.72 Å². The molecule has 8 heteroatoms. The number of ether oxygens (including phenoxy) is 3. The number of halogens is 1. The van der Waals surface area contributed by atoms with Crippen LogP contribution in [0, 0.1) is 0 Å². The first kappa shape index (κ1) is 20.1. The number of hydrogen-bond donors (Lipinski definition) is 1.